The van der Waals surface area contributed by atoms with Gasteiger partial charge in [0.2, 0.25) is 0 Å². The van der Waals surface area contributed by atoms with Crippen LogP contribution in [0.15, 0.2) is 54.9 Å². The minimum atomic E-state index is -4.30. The van der Waals surface area contributed by atoms with E-state index in [4.69, 9.17) is 0 Å². The number of imidazole rings is 1. The number of carbonyl (C=O) groups is 2. The molecule has 0 bridgehead atoms. The molecule has 2 aromatic carbocycles. The summed E-state index contributed by atoms with van der Waals surface area (Å²) < 4.78 is 41.4. The minimum Gasteiger partial charge on any atom is -0.371 e. The van der Waals surface area contributed by atoms with Crippen molar-refractivity contribution >= 4 is 23.1 Å². The van der Waals surface area contributed by atoms with E-state index in [2.05, 4.69) is 15.6 Å². The number of carbonyl (C=O) groups excluding carboxylic acids is 2. The first-order valence-electron chi connectivity index (χ1n) is 15.3. The van der Waals surface area contributed by atoms with Gasteiger partial charge < -0.3 is 15.5 Å². The smallest absolute Gasteiger partial charge is 0.371 e. The molecular weight excluding hydrogens is 579 g/mol. The summed E-state index contributed by atoms with van der Waals surface area (Å²) in [4.78, 5) is 32.1. The molecule has 45 heavy (non-hydrogen) atoms. The number of amides is 2. The Kier molecular flexibility index (Phi) is 7.45. The Morgan fingerprint density at radius 1 is 0.867 bits per heavy atom. The van der Waals surface area contributed by atoms with E-state index in [0.717, 1.165) is 59.2 Å². The number of nitrogens with zero attached hydrogens (tertiary/aromatic N) is 3. The van der Waals surface area contributed by atoms with Crippen molar-refractivity contribution in [3.63, 3.8) is 0 Å². The largest absolute Gasteiger partial charge is 0.390 e. The Bertz CT molecular complexity index is 1820. The quantitative estimate of drug-likeness (QED) is 0.208. The molecule has 10 heteroatoms. The Morgan fingerprint density at radius 2 is 1.40 bits per heavy atom. The molecule has 0 atom stereocenters. The lowest BCUT2D eigenvalue weighted by molar-refractivity contribution is -0.132. The number of aryl methyl sites for hydroxylation is 2. The first-order valence-corrected chi connectivity index (χ1v) is 15.3. The van der Waals surface area contributed by atoms with Gasteiger partial charge in [-0.15, -0.1) is 0 Å². The number of rotatable bonds is 9. The maximum absolute atomic E-state index is 13.2. The van der Waals surface area contributed by atoms with Crippen LogP contribution in [-0.4, -0.2) is 52.0 Å². The molecule has 2 N–H and O–H groups in total. The van der Waals surface area contributed by atoms with E-state index in [-0.39, 0.29) is 29.4 Å². The molecule has 0 saturated heterocycles. The molecule has 2 saturated carbocycles. The summed E-state index contributed by atoms with van der Waals surface area (Å²) in [5.41, 5.74) is 6.76. The number of hydrogen-bond donors (Lipinski definition) is 2. The highest BCUT2D eigenvalue weighted by atomic mass is 19.4. The van der Waals surface area contributed by atoms with Gasteiger partial charge in [-0.05, 0) is 94.3 Å². The minimum absolute atomic E-state index is 0.105. The SMILES string of the molecule is Cc1cc(-c2cc(N(C)CCC(F)(F)F)c3ncc(-c4ccc(C(=O)NC5(C)CC5)c(C)c4)n3c2)ccc1C(=O)NC1(C)CC1. The zero-order chi connectivity index (χ0) is 32.3. The van der Waals surface area contributed by atoms with Gasteiger partial charge in [-0.3, -0.25) is 14.0 Å². The van der Waals surface area contributed by atoms with Crippen molar-refractivity contribution in [2.24, 2.45) is 0 Å². The van der Waals surface area contributed by atoms with Gasteiger partial charge in [0.25, 0.3) is 11.8 Å². The summed E-state index contributed by atoms with van der Waals surface area (Å²) in [5.74, 6) is -0.218. The van der Waals surface area contributed by atoms with Crippen molar-refractivity contribution in [1.29, 1.82) is 0 Å². The van der Waals surface area contributed by atoms with Gasteiger partial charge in [0, 0.05) is 53.1 Å². The summed E-state index contributed by atoms with van der Waals surface area (Å²) in [7, 11) is 1.63. The first-order chi connectivity index (χ1) is 21.1. The van der Waals surface area contributed by atoms with Crippen molar-refractivity contribution in [2.45, 2.75) is 77.1 Å². The van der Waals surface area contributed by atoms with Crippen molar-refractivity contribution in [3.05, 3.63) is 77.1 Å². The lowest BCUT2D eigenvalue weighted by Gasteiger charge is -2.22. The zero-order valence-corrected chi connectivity index (χ0v) is 26.2. The predicted octanol–water partition coefficient (Wildman–Crippen LogP) is 7.24. The second-order valence-corrected chi connectivity index (χ2v) is 13.3. The second-order valence-electron chi connectivity index (χ2n) is 13.3. The Hall–Kier alpha value is -4.34. The molecule has 2 heterocycles. The van der Waals surface area contributed by atoms with Gasteiger partial charge in [0.15, 0.2) is 5.65 Å². The number of aromatic nitrogens is 2. The van der Waals surface area contributed by atoms with Crippen LogP contribution in [0.4, 0.5) is 18.9 Å². The molecule has 0 unspecified atom stereocenters. The third-order valence-corrected chi connectivity index (χ3v) is 9.13. The van der Waals surface area contributed by atoms with E-state index >= 15 is 0 Å². The van der Waals surface area contributed by atoms with E-state index in [9.17, 15) is 22.8 Å². The van der Waals surface area contributed by atoms with Crippen molar-refractivity contribution in [2.75, 3.05) is 18.5 Å². The summed E-state index contributed by atoms with van der Waals surface area (Å²) in [6.07, 6.45) is 2.22. The molecule has 2 amide bonds. The molecule has 4 aromatic rings. The highest BCUT2D eigenvalue weighted by Crippen LogP contribution is 2.37. The molecule has 2 aliphatic rings. The monoisotopic (exact) mass is 617 g/mol. The fourth-order valence-electron chi connectivity index (χ4n) is 5.62. The van der Waals surface area contributed by atoms with Gasteiger partial charge >= 0.3 is 6.18 Å². The number of anilines is 1. The van der Waals surface area contributed by atoms with Crippen LogP contribution in [0, 0.1) is 13.8 Å². The van der Waals surface area contributed by atoms with Gasteiger partial charge in [-0.25, -0.2) is 4.98 Å². The maximum atomic E-state index is 13.2. The molecule has 0 aliphatic heterocycles. The Labute approximate surface area is 260 Å². The number of hydrogen-bond acceptors (Lipinski definition) is 4. The fourth-order valence-corrected chi connectivity index (χ4v) is 5.62. The second kappa shape index (κ2) is 10.9. The zero-order valence-electron chi connectivity index (χ0n) is 26.2. The highest BCUT2D eigenvalue weighted by molar-refractivity contribution is 5.98. The lowest BCUT2D eigenvalue weighted by atomic mass is 9.99. The standard InChI is InChI=1S/C35H38F3N5O2/c1-21-16-23(6-8-26(21)31(44)40-33(3)10-11-33)25-18-28(42(5)15-14-35(36,37)38)30-39-19-29(43(30)20-25)24-7-9-27(22(2)17-24)32(45)41-34(4)12-13-34/h6-9,16-20H,10-15H2,1-5H3,(H,40,44)(H,41,45). The predicted molar refractivity (Wildman–Crippen MR) is 170 cm³/mol. The van der Waals surface area contributed by atoms with E-state index in [0.29, 0.717) is 22.5 Å². The van der Waals surface area contributed by atoms with Crippen LogP contribution in [0.25, 0.3) is 28.0 Å². The molecule has 2 aromatic heterocycles. The third-order valence-electron chi connectivity index (χ3n) is 9.13. The Balaban J connectivity index is 1.39. The van der Waals surface area contributed by atoms with Gasteiger partial charge in [0.05, 0.1) is 24.0 Å². The average molecular weight is 618 g/mol. The lowest BCUT2D eigenvalue weighted by Crippen LogP contribution is -2.34. The maximum Gasteiger partial charge on any atom is 0.390 e. The number of halogens is 3. The molecule has 236 valence electrons. The number of fused-ring (bicyclic) bond motifs is 1. The van der Waals surface area contributed by atoms with Crippen molar-refractivity contribution in [1.82, 2.24) is 20.0 Å². The van der Waals surface area contributed by atoms with Gasteiger partial charge in [0.1, 0.15) is 0 Å². The van der Waals surface area contributed by atoms with Crippen LogP contribution in [0.1, 0.15) is 77.8 Å². The molecule has 6 rings (SSSR count). The number of benzene rings is 2. The third kappa shape index (κ3) is 6.55. The Morgan fingerprint density at radius 3 is 1.91 bits per heavy atom. The highest BCUT2D eigenvalue weighted by Gasteiger charge is 2.40. The van der Waals surface area contributed by atoms with Crippen molar-refractivity contribution in [3.8, 4) is 22.4 Å². The van der Waals surface area contributed by atoms with Crippen LogP contribution in [0.3, 0.4) is 0 Å². The topological polar surface area (TPSA) is 78.7 Å². The van der Waals surface area contributed by atoms with Crippen molar-refractivity contribution < 1.29 is 22.8 Å². The number of alkyl halides is 3. The summed E-state index contributed by atoms with van der Waals surface area (Å²) in [5, 5.41) is 6.20. The number of pyridine rings is 1. The summed E-state index contributed by atoms with van der Waals surface area (Å²) in [6, 6.07) is 13.1. The van der Waals surface area contributed by atoms with Crippen LogP contribution in [0.2, 0.25) is 0 Å². The van der Waals surface area contributed by atoms with E-state index in [1.54, 1.807) is 30.3 Å². The van der Waals surface area contributed by atoms with Crippen LogP contribution in [-0.2, 0) is 0 Å². The summed E-state index contributed by atoms with van der Waals surface area (Å²) in [6.45, 7) is 7.61. The van der Waals surface area contributed by atoms with Crippen LogP contribution >= 0.6 is 0 Å². The average Bonchev–Trinajstić information content (AvgIpc) is 3.84. The molecule has 0 spiro atoms. The molecule has 0 radical (unpaired) electrons. The molecule has 2 fully saturated rings. The van der Waals surface area contributed by atoms with Gasteiger partial charge in [-0.2, -0.15) is 13.2 Å². The van der Waals surface area contributed by atoms with E-state index < -0.39 is 12.6 Å². The van der Waals surface area contributed by atoms with Gasteiger partial charge in [-0.1, -0.05) is 18.2 Å². The molecule has 7 nitrogen and oxygen atoms in total. The van der Waals surface area contributed by atoms with E-state index in [1.165, 1.54) is 0 Å². The summed E-state index contributed by atoms with van der Waals surface area (Å²) >= 11 is 0. The fraction of sp³-hybridized carbons (Fsp3) is 0.400. The van der Waals surface area contributed by atoms with Crippen LogP contribution in [0.5, 0.6) is 0 Å². The van der Waals surface area contributed by atoms with Crippen LogP contribution < -0.4 is 15.5 Å². The molecular formula is C35H38F3N5O2. The molecule has 2 aliphatic carbocycles. The number of nitrogens with one attached hydrogen (secondary N) is 2. The first kappa shape index (κ1) is 30.7. The van der Waals surface area contributed by atoms with E-state index in [1.807, 2.05) is 68.6 Å². The normalized spacial score (nSPS) is 16.4.